The number of ketones is 1. The predicted molar refractivity (Wildman–Crippen MR) is 82.9 cm³/mol. The number of aryl methyl sites for hydroxylation is 1. The average molecular weight is 327 g/mol. The Morgan fingerprint density at radius 2 is 2.00 bits per heavy atom. The molecule has 2 heterocycles. The number of nitrogens with zero attached hydrogens (tertiary/aromatic N) is 1. The summed E-state index contributed by atoms with van der Waals surface area (Å²) in [6.45, 7) is 2.46. The molecule has 0 aromatic carbocycles. The molecule has 2 atom stereocenters. The molecule has 0 amide bonds. The van der Waals surface area contributed by atoms with Crippen LogP contribution in [0.15, 0.2) is 16.3 Å². The van der Waals surface area contributed by atoms with Crippen LogP contribution >= 0.6 is 11.3 Å². The van der Waals surface area contributed by atoms with Crippen LogP contribution in [0.4, 0.5) is 0 Å². The van der Waals surface area contributed by atoms with Crippen molar-refractivity contribution in [1.29, 1.82) is 0 Å². The molecule has 1 aliphatic carbocycles. The van der Waals surface area contributed by atoms with Crippen LogP contribution in [0.2, 0.25) is 0 Å². The summed E-state index contributed by atoms with van der Waals surface area (Å²) in [5.74, 6) is 0.174. The van der Waals surface area contributed by atoms with Gasteiger partial charge in [-0.3, -0.25) is 4.79 Å². The Morgan fingerprint density at radius 3 is 2.67 bits per heavy atom. The normalized spacial score (nSPS) is 28.1. The van der Waals surface area contributed by atoms with Crippen molar-refractivity contribution in [3.8, 4) is 0 Å². The van der Waals surface area contributed by atoms with E-state index in [1.807, 2.05) is 13.0 Å². The summed E-state index contributed by atoms with van der Waals surface area (Å²) >= 11 is 1.32. The standard InChI is InChI=1S/C15H21NO3S2/c1-11-8-9-15(20-11)21(18,19)16-10-4-6-13(16)12-5-2-3-7-14(12)17/h8-9,12-13H,2-7,10H2,1H3. The van der Waals surface area contributed by atoms with Crippen LogP contribution in [0, 0.1) is 12.8 Å². The van der Waals surface area contributed by atoms with Crippen molar-refractivity contribution < 1.29 is 13.2 Å². The molecule has 0 radical (unpaired) electrons. The zero-order chi connectivity index (χ0) is 15.0. The van der Waals surface area contributed by atoms with Crippen molar-refractivity contribution in [2.75, 3.05) is 6.54 Å². The van der Waals surface area contributed by atoms with Gasteiger partial charge in [0.05, 0.1) is 0 Å². The summed E-state index contributed by atoms with van der Waals surface area (Å²) in [4.78, 5) is 13.2. The van der Waals surface area contributed by atoms with E-state index >= 15 is 0 Å². The highest BCUT2D eigenvalue weighted by Crippen LogP contribution is 2.36. The first-order valence-corrected chi connectivity index (χ1v) is 9.87. The van der Waals surface area contributed by atoms with Crippen LogP contribution in [0.3, 0.4) is 0 Å². The third-order valence-corrected chi connectivity index (χ3v) is 7.99. The van der Waals surface area contributed by atoms with E-state index < -0.39 is 10.0 Å². The highest BCUT2D eigenvalue weighted by molar-refractivity contribution is 7.91. The number of carbonyl (C=O) groups excluding carboxylic acids is 1. The molecule has 0 spiro atoms. The number of thiophene rings is 1. The van der Waals surface area contributed by atoms with Crippen molar-refractivity contribution in [2.24, 2.45) is 5.92 Å². The third kappa shape index (κ3) is 2.81. The molecule has 21 heavy (non-hydrogen) atoms. The molecule has 4 nitrogen and oxygen atoms in total. The lowest BCUT2D eigenvalue weighted by molar-refractivity contribution is -0.126. The third-order valence-electron chi connectivity index (χ3n) is 4.59. The molecular weight excluding hydrogens is 306 g/mol. The van der Waals surface area contributed by atoms with Crippen molar-refractivity contribution in [1.82, 2.24) is 4.31 Å². The van der Waals surface area contributed by atoms with Crippen LogP contribution in [-0.2, 0) is 14.8 Å². The number of carbonyl (C=O) groups is 1. The van der Waals surface area contributed by atoms with Crippen molar-refractivity contribution in [2.45, 2.75) is 55.7 Å². The lowest BCUT2D eigenvalue weighted by atomic mass is 9.82. The molecule has 0 bridgehead atoms. The summed E-state index contributed by atoms with van der Waals surface area (Å²) in [5.41, 5.74) is 0. The Bertz CT molecular complexity index is 635. The predicted octanol–water partition coefficient (Wildman–Crippen LogP) is 2.97. The maximum absolute atomic E-state index is 12.8. The zero-order valence-corrected chi connectivity index (χ0v) is 13.9. The second-order valence-electron chi connectivity index (χ2n) is 6.01. The summed E-state index contributed by atoms with van der Waals surface area (Å²) in [7, 11) is -3.44. The number of hydrogen-bond acceptors (Lipinski definition) is 4. The number of Topliss-reactive ketones (excluding diaryl/α,β-unsaturated/α-hetero) is 1. The first-order chi connectivity index (χ1) is 10.00. The number of hydrogen-bond donors (Lipinski definition) is 0. The number of sulfonamides is 1. The van der Waals surface area contributed by atoms with E-state index in [2.05, 4.69) is 0 Å². The minimum atomic E-state index is -3.44. The molecule has 116 valence electrons. The maximum Gasteiger partial charge on any atom is 0.252 e. The van der Waals surface area contributed by atoms with Gasteiger partial charge >= 0.3 is 0 Å². The summed E-state index contributed by atoms with van der Waals surface area (Å²) in [6, 6.07) is 3.41. The van der Waals surface area contributed by atoms with Gasteiger partial charge in [-0.1, -0.05) is 6.42 Å². The molecule has 6 heteroatoms. The van der Waals surface area contributed by atoms with E-state index in [1.165, 1.54) is 11.3 Å². The summed E-state index contributed by atoms with van der Waals surface area (Å²) in [5, 5.41) is 0. The van der Waals surface area contributed by atoms with E-state index in [0.29, 0.717) is 17.2 Å². The Labute approximate surface area is 130 Å². The van der Waals surface area contributed by atoms with E-state index in [-0.39, 0.29) is 17.7 Å². The molecule has 2 unspecified atom stereocenters. The molecule has 1 aliphatic heterocycles. The molecule has 1 aromatic heterocycles. The van der Waals surface area contributed by atoms with Crippen LogP contribution in [0.5, 0.6) is 0 Å². The van der Waals surface area contributed by atoms with Gasteiger partial charge in [-0.15, -0.1) is 11.3 Å². The van der Waals surface area contributed by atoms with Gasteiger partial charge in [0.1, 0.15) is 9.99 Å². The van der Waals surface area contributed by atoms with Gasteiger partial charge < -0.3 is 0 Å². The van der Waals surface area contributed by atoms with Gasteiger partial charge in [0.2, 0.25) is 0 Å². The Balaban J connectivity index is 1.88. The molecule has 2 aliphatic rings. The van der Waals surface area contributed by atoms with Crippen LogP contribution in [-0.4, -0.2) is 31.1 Å². The molecular formula is C15H21NO3S2. The van der Waals surface area contributed by atoms with E-state index in [0.717, 1.165) is 37.0 Å². The molecule has 1 saturated carbocycles. The van der Waals surface area contributed by atoms with Gasteiger partial charge in [-0.05, 0) is 44.7 Å². The Morgan fingerprint density at radius 1 is 1.19 bits per heavy atom. The minimum absolute atomic E-state index is 0.0860. The summed E-state index contributed by atoms with van der Waals surface area (Å²) < 4.78 is 27.7. The largest absolute Gasteiger partial charge is 0.299 e. The molecule has 1 saturated heterocycles. The topological polar surface area (TPSA) is 54.5 Å². The highest BCUT2D eigenvalue weighted by atomic mass is 32.2. The lowest BCUT2D eigenvalue weighted by Gasteiger charge is -2.32. The SMILES string of the molecule is Cc1ccc(S(=O)(=O)N2CCCC2C2CCCCC2=O)s1. The molecule has 2 fully saturated rings. The van der Waals surface area contributed by atoms with Crippen LogP contribution in [0.25, 0.3) is 0 Å². The first kappa shape index (κ1) is 15.2. The van der Waals surface area contributed by atoms with E-state index in [9.17, 15) is 13.2 Å². The van der Waals surface area contributed by atoms with Crippen LogP contribution < -0.4 is 0 Å². The Hall–Kier alpha value is -0.720. The zero-order valence-electron chi connectivity index (χ0n) is 12.2. The summed E-state index contributed by atoms with van der Waals surface area (Å²) in [6.07, 6.45) is 5.14. The van der Waals surface area contributed by atoms with Gasteiger partial charge in [-0.25, -0.2) is 8.42 Å². The second-order valence-corrected chi connectivity index (χ2v) is 9.41. The highest BCUT2D eigenvalue weighted by Gasteiger charge is 2.42. The minimum Gasteiger partial charge on any atom is -0.299 e. The average Bonchev–Trinajstić information content (AvgIpc) is 3.08. The van der Waals surface area contributed by atoms with Crippen LogP contribution in [0.1, 0.15) is 43.4 Å². The number of rotatable bonds is 3. The smallest absolute Gasteiger partial charge is 0.252 e. The maximum atomic E-state index is 12.8. The fraction of sp³-hybridized carbons (Fsp3) is 0.667. The van der Waals surface area contributed by atoms with E-state index in [1.54, 1.807) is 10.4 Å². The first-order valence-electron chi connectivity index (χ1n) is 7.61. The van der Waals surface area contributed by atoms with Crippen molar-refractivity contribution in [3.63, 3.8) is 0 Å². The Kier molecular flexibility index (Phi) is 4.21. The molecule has 0 N–H and O–H groups in total. The monoisotopic (exact) mass is 327 g/mol. The fourth-order valence-corrected chi connectivity index (χ4v) is 6.69. The van der Waals surface area contributed by atoms with Gasteiger partial charge in [0.15, 0.2) is 0 Å². The van der Waals surface area contributed by atoms with Gasteiger partial charge in [0, 0.05) is 29.8 Å². The quantitative estimate of drug-likeness (QED) is 0.857. The van der Waals surface area contributed by atoms with Gasteiger partial charge in [0.25, 0.3) is 10.0 Å². The second kappa shape index (κ2) is 5.82. The van der Waals surface area contributed by atoms with Crippen molar-refractivity contribution in [3.05, 3.63) is 17.0 Å². The lowest BCUT2D eigenvalue weighted by Crippen LogP contribution is -2.43. The fourth-order valence-electron chi connectivity index (χ4n) is 3.55. The molecule has 1 aromatic rings. The van der Waals surface area contributed by atoms with Crippen molar-refractivity contribution >= 4 is 27.1 Å². The van der Waals surface area contributed by atoms with E-state index in [4.69, 9.17) is 0 Å². The van der Waals surface area contributed by atoms with Gasteiger partial charge in [-0.2, -0.15) is 4.31 Å². The molecule has 3 rings (SSSR count).